The van der Waals surface area contributed by atoms with Crippen molar-refractivity contribution >= 4 is 38.9 Å². The largest absolute Gasteiger partial charge is 0.497 e. The molecule has 0 spiro atoms. The van der Waals surface area contributed by atoms with Crippen molar-refractivity contribution in [3.05, 3.63) is 66.7 Å². The Kier molecular flexibility index (Phi) is 3.86. The van der Waals surface area contributed by atoms with Gasteiger partial charge in [0.15, 0.2) is 0 Å². The fraction of sp³-hybridized carbons (Fsp3) is 0.0952. The first-order valence-electron chi connectivity index (χ1n) is 8.20. The highest BCUT2D eigenvalue weighted by atomic mass is 16.5. The summed E-state index contributed by atoms with van der Waals surface area (Å²) in [4.78, 5) is 4.79. The highest BCUT2D eigenvalue weighted by Crippen LogP contribution is 2.34. The van der Waals surface area contributed by atoms with Gasteiger partial charge in [-0.1, -0.05) is 18.2 Å². The van der Waals surface area contributed by atoms with Crippen LogP contribution < -0.4 is 15.4 Å². The second-order valence-electron chi connectivity index (χ2n) is 5.84. The van der Waals surface area contributed by atoms with Crippen LogP contribution >= 0.6 is 0 Å². The Bertz CT molecular complexity index is 1040. The lowest BCUT2D eigenvalue weighted by Crippen LogP contribution is -1.96. The standard InChI is InChI=1S/C21H19N3O/c1-22-14-7-9-15(10-8-14)23-21-17-5-3-4-6-19(17)24-20-13-16(25-2)11-12-18(20)21/h3-13,22H,1-2H3,(H,23,24). The van der Waals surface area contributed by atoms with Gasteiger partial charge in [0.2, 0.25) is 0 Å². The SMILES string of the molecule is CNc1ccc(Nc2c3ccccc3nc3cc(OC)ccc23)cc1. The quantitative estimate of drug-likeness (QED) is 0.506. The van der Waals surface area contributed by atoms with Crippen molar-refractivity contribution in [2.75, 3.05) is 24.8 Å². The zero-order chi connectivity index (χ0) is 17.2. The molecule has 3 aromatic carbocycles. The number of hydrogen-bond acceptors (Lipinski definition) is 4. The van der Waals surface area contributed by atoms with Gasteiger partial charge >= 0.3 is 0 Å². The van der Waals surface area contributed by atoms with Crippen molar-refractivity contribution in [1.29, 1.82) is 0 Å². The molecule has 4 nitrogen and oxygen atoms in total. The fourth-order valence-electron chi connectivity index (χ4n) is 3.00. The number of rotatable bonds is 4. The maximum absolute atomic E-state index is 5.35. The summed E-state index contributed by atoms with van der Waals surface area (Å²) in [7, 11) is 3.59. The molecule has 0 atom stereocenters. The molecule has 0 radical (unpaired) electrons. The number of pyridine rings is 1. The predicted octanol–water partition coefficient (Wildman–Crippen LogP) is 5.18. The van der Waals surface area contributed by atoms with Gasteiger partial charge in [-0.25, -0.2) is 4.98 Å². The lowest BCUT2D eigenvalue weighted by molar-refractivity contribution is 0.415. The van der Waals surface area contributed by atoms with Crippen LogP contribution in [0.1, 0.15) is 0 Å². The third kappa shape index (κ3) is 2.83. The zero-order valence-corrected chi connectivity index (χ0v) is 14.2. The Labute approximate surface area is 146 Å². The molecule has 0 aliphatic heterocycles. The second-order valence-corrected chi connectivity index (χ2v) is 5.84. The number of anilines is 3. The first-order chi connectivity index (χ1) is 12.3. The van der Waals surface area contributed by atoms with E-state index in [1.807, 2.05) is 37.4 Å². The van der Waals surface area contributed by atoms with Gasteiger partial charge in [0.25, 0.3) is 0 Å². The Morgan fingerprint density at radius 1 is 0.800 bits per heavy atom. The van der Waals surface area contributed by atoms with Gasteiger partial charge in [0, 0.05) is 35.3 Å². The van der Waals surface area contributed by atoms with E-state index in [-0.39, 0.29) is 0 Å². The van der Waals surface area contributed by atoms with Crippen LogP contribution in [0.25, 0.3) is 21.8 Å². The van der Waals surface area contributed by atoms with Crippen LogP contribution in [-0.2, 0) is 0 Å². The minimum atomic E-state index is 0.805. The lowest BCUT2D eigenvalue weighted by atomic mass is 10.1. The molecule has 0 aliphatic rings. The molecule has 4 heteroatoms. The topological polar surface area (TPSA) is 46.2 Å². The molecule has 1 heterocycles. The van der Waals surface area contributed by atoms with Gasteiger partial charge in [-0.2, -0.15) is 0 Å². The van der Waals surface area contributed by atoms with E-state index in [1.54, 1.807) is 7.11 Å². The van der Waals surface area contributed by atoms with Crippen LogP contribution in [0.15, 0.2) is 66.7 Å². The average molecular weight is 329 g/mol. The van der Waals surface area contributed by atoms with Gasteiger partial charge in [0.05, 0.1) is 23.8 Å². The summed E-state index contributed by atoms with van der Waals surface area (Å²) >= 11 is 0. The monoisotopic (exact) mass is 329 g/mol. The van der Waals surface area contributed by atoms with E-state index in [4.69, 9.17) is 9.72 Å². The van der Waals surface area contributed by atoms with Gasteiger partial charge in [-0.05, 0) is 42.5 Å². The summed E-state index contributed by atoms with van der Waals surface area (Å²) < 4.78 is 5.35. The van der Waals surface area contributed by atoms with E-state index in [0.29, 0.717) is 0 Å². The molecule has 1 aromatic heterocycles. The average Bonchev–Trinajstić information content (AvgIpc) is 2.67. The molecular formula is C21H19N3O. The minimum absolute atomic E-state index is 0.805. The predicted molar refractivity (Wildman–Crippen MR) is 105 cm³/mol. The smallest absolute Gasteiger partial charge is 0.121 e. The molecule has 0 bridgehead atoms. The van der Waals surface area contributed by atoms with E-state index in [1.165, 1.54) is 0 Å². The zero-order valence-electron chi connectivity index (χ0n) is 14.2. The number of fused-ring (bicyclic) bond motifs is 2. The van der Waals surface area contributed by atoms with Crippen LogP contribution in [0.5, 0.6) is 5.75 Å². The fourth-order valence-corrected chi connectivity index (χ4v) is 3.00. The minimum Gasteiger partial charge on any atom is -0.497 e. The number of benzene rings is 3. The van der Waals surface area contributed by atoms with Gasteiger partial charge in [-0.3, -0.25) is 0 Å². The van der Waals surface area contributed by atoms with Crippen molar-refractivity contribution in [3.8, 4) is 5.75 Å². The van der Waals surface area contributed by atoms with E-state index in [9.17, 15) is 0 Å². The highest BCUT2D eigenvalue weighted by Gasteiger charge is 2.10. The van der Waals surface area contributed by atoms with E-state index >= 15 is 0 Å². The molecule has 124 valence electrons. The molecule has 2 N–H and O–H groups in total. The number of nitrogens with one attached hydrogen (secondary N) is 2. The van der Waals surface area contributed by atoms with E-state index in [2.05, 4.69) is 47.0 Å². The first kappa shape index (κ1) is 15.3. The van der Waals surface area contributed by atoms with Crippen molar-refractivity contribution in [3.63, 3.8) is 0 Å². The summed E-state index contributed by atoms with van der Waals surface area (Å²) in [6.07, 6.45) is 0. The summed E-state index contributed by atoms with van der Waals surface area (Å²) in [5.74, 6) is 0.805. The maximum Gasteiger partial charge on any atom is 0.121 e. The van der Waals surface area contributed by atoms with Crippen molar-refractivity contribution in [1.82, 2.24) is 4.98 Å². The van der Waals surface area contributed by atoms with E-state index < -0.39 is 0 Å². The van der Waals surface area contributed by atoms with Gasteiger partial charge in [0.1, 0.15) is 5.75 Å². The molecular weight excluding hydrogens is 310 g/mol. The Hall–Kier alpha value is -3.27. The number of para-hydroxylation sites is 1. The third-order valence-electron chi connectivity index (χ3n) is 4.33. The van der Waals surface area contributed by atoms with Crippen LogP contribution in [-0.4, -0.2) is 19.1 Å². The summed E-state index contributed by atoms with van der Waals surface area (Å²) in [5.41, 5.74) is 5.04. The second kappa shape index (κ2) is 6.32. The molecule has 0 saturated carbocycles. The number of aromatic nitrogens is 1. The summed E-state index contributed by atoms with van der Waals surface area (Å²) in [6, 6.07) is 22.4. The van der Waals surface area contributed by atoms with Gasteiger partial charge < -0.3 is 15.4 Å². The van der Waals surface area contributed by atoms with Gasteiger partial charge in [-0.15, -0.1) is 0 Å². The molecule has 0 unspecified atom stereocenters. The number of hydrogen-bond donors (Lipinski definition) is 2. The van der Waals surface area contributed by atoms with Crippen LogP contribution in [0.3, 0.4) is 0 Å². The van der Waals surface area contributed by atoms with Crippen molar-refractivity contribution in [2.45, 2.75) is 0 Å². The molecule has 25 heavy (non-hydrogen) atoms. The summed E-state index contributed by atoms with van der Waals surface area (Å²) in [6.45, 7) is 0. The van der Waals surface area contributed by atoms with Crippen LogP contribution in [0.2, 0.25) is 0 Å². The molecule has 0 aliphatic carbocycles. The normalized spacial score (nSPS) is 10.8. The Balaban J connectivity index is 1.91. The number of ether oxygens (including phenoxy) is 1. The molecule has 0 fully saturated rings. The third-order valence-corrected chi connectivity index (χ3v) is 4.33. The molecule has 4 aromatic rings. The van der Waals surface area contributed by atoms with Crippen LogP contribution in [0.4, 0.5) is 17.1 Å². The Morgan fingerprint density at radius 3 is 2.28 bits per heavy atom. The molecule has 4 rings (SSSR count). The Morgan fingerprint density at radius 2 is 1.52 bits per heavy atom. The summed E-state index contributed by atoms with van der Waals surface area (Å²) in [5, 5.41) is 8.87. The highest BCUT2D eigenvalue weighted by molar-refractivity contribution is 6.08. The number of methoxy groups -OCH3 is 1. The van der Waals surface area contributed by atoms with Crippen LogP contribution in [0, 0.1) is 0 Å². The first-order valence-corrected chi connectivity index (χ1v) is 8.20. The van der Waals surface area contributed by atoms with Crippen molar-refractivity contribution < 1.29 is 4.74 Å². The lowest BCUT2D eigenvalue weighted by Gasteiger charge is -2.14. The number of nitrogens with zero attached hydrogens (tertiary/aromatic N) is 1. The molecule has 0 saturated heterocycles. The van der Waals surface area contributed by atoms with Crippen molar-refractivity contribution in [2.24, 2.45) is 0 Å². The maximum atomic E-state index is 5.35. The molecule has 0 amide bonds. The van der Waals surface area contributed by atoms with E-state index in [0.717, 1.165) is 44.6 Å².